The molecule has 1 N–H and O–H groups in total. The maximum absolute atomic E-state index is 12.0. The van der Waals surface area contributed by atoms with E-state index in [9.17, 15) is 13.2 Å². The highest BCUT2D eigenvalue weighted by Gasteiger charge is 2.17. The number of ketones is 1. The lowest BCUT2D eigenvalue weighted by atomic mass is 10.1. The van der Waals surface area contributed by atoms with Crippen LogP contribution in [-0.4, -0.2) is 20.7 Å². The zero-order valence-corrected chi connectivity index (χ0v) is 11.4. The molecule has 1 rings (SSSR count). The summed E-state index contributed by atoms with van der Waals surface area (Å²) in [6.45, 7) is 7.06. The van der Waals surface area contributed by atoms with Gasteiger partial charge in [-0.05, 0) is 18.6 Å². The van der Waals surface area contributed by atoms with Crippen LogP contribution >= 0.6 is 0 Å². The maximum Gasteiger partial charge on any atom is 0.241 e. The zero-order valence-electron chi connectivity index (χ0n) is 10.6. The SMILES string of the molecule is C=CCNS(=O)(=O)c1cc(C(=O)CC)ccc1C. The largest absolute Gasteiger partial charge is 0.294 e. The first kappa shape index (κ1) is 14.6. The van der Waals surface area contributed by atoms with Crippen molar-refractivity contribution >= 4 is 15.8 Å². The predicted octanol–water partition coefficient (Wildman–Crippen LogP) is 2.05. The van der Waals surface area contributed by atoms with Gasteiger partial charge in [-0.2, -0.15) is 0 Å². The van der Waals surface area contributed by atoms with Gasteiger partial charge in [-0.25, -0.2) is 13.1 Å². The summed E-state index contributed by atoms with van der Waals surface area (Å²) in [7, 11) is -3.59. The van der Waals surface area contributed by atoms with E-state index in [2.05, 4.69) is 11.3 Å². The summed E-state index contributed by atoms with van der Waals surface area (Å²) in [5, 5.41) is 0. The van der Waals surface area contributed by atoms with Gasteiger partial charge < -0.3 is 0 Å². The van der Waals surface area contributed by atoms with Crippen molar-refractivity contribution in [1.82, 2.24) is 4.72 Å². The number of Topliss-reactive ketones (excluding diaryl/α,β-unsaturated/α-hetero) is 1. The van der Waals surface area contributed by atoms with Crippen LogP contribution in [0.1, 0.15) is 29.3 Å². The zero-order chi connectivity index (χ0) is 13.8. The molecule has 0 aromatic heterocycles. The lowest BCUT2D eigenvalue weighted by Crippen LogP contribution is -2.24. The average Bonchev–Trinajstić information content (AvgIpc) is 2.35. The molecule has 0 saturated carbocycles. The number of sulfonamides is 1. The van der Waals surface area contributed by atoms with Crippen LogP contribution in [0.25, 0.3) is 0 Å². The first-order valence-corrected chi connectivity index (χ1v) is 7.15. The fourth-order valence-corrected chi connectivity index (χ4v) is 2.78. The predicted molar refractivity (Wildman–Crippen MR) is 71.2 cm³/mol. The molecule has 0 radical (unpaired) electrons. The number of hydrogen-bond donors (Lipinski definition) is 1. The van der Waals surface area contributed by atoms with Crippen LogP contribution in [0.15, 0.2) is 35.7 Å². The van der Waals surface area contributed by atoms with E-state index in [1.54, 1.807) is 26.0 Å². The van der Waals surface area contributed by atoms with Crippen LogP contribution < -0.4 is 4.72 Å². The van der Waals surface area contributed by atoms with E-state index in [1.807, 2.05) is 0 Å². The van der Waals surface area contributed by atoms with Crippen LogP contribution in [0.2, 0.25) is 0 Å². The number of rotatable bonds is 6. The van der Waals surface area contributed by atoms with E-state index < -0.39 is 10.0 Å². The van der Waals surface area contributed by atoms with E-state index >= 15 is 0 Å². The van der Waals surface area contributed by atoms with Gasteiger partial charge in [0, 0.05) is 18.5 Å². The molecule has 0 heterocycles. The first-order chi connectivity index (χ1) is 8.42. The number of nitrogens with one attached hydrogen (secondary N) is 1. The van der Waals surface area contributed by atoms with Gasteiger partial charge in [-0.15, -0.1) is 6.58 Å². The molecule has 0 amide bonds. The lowest BCUT2D eigenvalue weighted by molar-refractivity contribution is 0.0988. The third-order valence-corrected chi connectivity index (χ3v) is 4.10. The molecule has 5 heteroatoms. The van der Waals surface area contributed by atoms with Crippen molar-refractivity contribution in [2.75, 3.05) is 6.54 Å². The van der Waals surface area contributed by atoms with Gasteiger partial charge in [-0.3, -0.25) is 4.79 Å². The summed E-state index contributed by atoms with van der Waals surface area (Å²) < 4.78 is 26.4. The molecule has 0 aliphatic rings. The van der Waals surface area contributed by atoms with Gasteiger partial charge >= 0.3 is 0 Å². The molecule has 1 aromatic carbocycles. The Bertz CT molecular complexity index is 562. The normalized spacial score (nSPS) is 11.2. The van der Waals surface area contributed by atoms with Crippen LogP contribution in [0.5, 0.6) is 0 Å². The summed E-state index contributed by atoms with van der Waals surface area (Å²) in [4.78, 5) is 11.7. The standard InChI is InChI=1S/C13H17NO3S/c1-4-8-14-18(16,17)13-9-11(12(15)5-2)7-6-10(13)3/h4,6-7,9,14H,1,5,8H2,2-3H3. The van der Waals surface area contributed by atoms with Crippen molar-refractivity contribution in [2.24, 2.45) is 0 Å². The second-order valence-electron chi connectivity index (χ2n) is 3.90. The smallest absolute Gasteiger partial charge is 0.241 e. The topological polar surface area (TPSA) is 63.2 Å². The van der Waals surface area contributed by atoms with Gasteiger partial charge in [0.1, 0.15) is 0 Å². The highest BCUT2D eigenvalue weighted by molar-refractivity contribution is 7.89. The highest BCUT2D eigenvalue weighted by atomic mass is 32.2. The van der Waals surface area contributed by atoms with Crippen molar-refractivity contribution in [3.8, 4) is 0 Å². The van der Waals surface area contributed by atoms with Crippen molar-refractivity contribution in [2.45, 2.75) is 25.2 Å². The Hall–Kier alpha value is -1.46. The summed E-state index contributed by atoms with van der Waals surface area (Å²) in [6, 6.07) is 4.71. The molecule has 0 spiro atoms. The molecule has 0 saturated heterocycles. The molecule has 0 unspecified atom stereocenters. The second-order valence-corrected chi connectivity index (χ2v) is 5.63. The number of benzene rings is 1. The fraction of sp³-hybridized carbons (Fsp3) is 0.308. The molecule has 0 bridgehead atoms. The number of aryl methyl sites for hydroxylation is 1. The van der Waals surface area contributed by atoms with E-state index in [0.717, 1.165) is 0 Å². The lowest BCUT2D eigenvalue weighted by Gasteiger charge is -2.09. The van der Waals surface area contributed by atoms with E-state index in [1.165, 1.54) is 12.1 Å². The van der Waals surface area contributed by atoms with Gasteiger partial charge in [0.05, 0.1) is 4.90 Å². The molecular formula is C13H17NO3S. The van der Waals surface area contributed by atoms with Crippen LogP contribution in [0.3, 0.4) is 0 Å². The maximum atomic E-state index is 12.0. The molecule has 4 nitrogen and oxygen atoms in total. The van der Waals surface area contributed by atoms with Gasteiger partial charge in [0.25, 0.3) is 0 Å². The van der Waals surface area contributed by atoms with Gasteiger partial charge in [-0.1, -0.05) is 25.1 Å². The van der Waals surface area contributed by atoms with Crippen molar-refractivity contribution < 1.29 is 13.2 Å². The van der Waals surface area contributed by atoms with Crippen molar-refractivity contribution in [3.05, 3.63) is 42.0 Å². The summed E-state index contributed by atoms with van der Waals surface area (Å²) in [6.07, 6.45) is 1.82. The van der Waals surface area contributed by atoms with E-state index in [4.69, 9.17) is 0 Å². The Morgan fingerprint density at radius 1 is 1.44 bits per heavy atom. The number of carbonyl (C=O) groups is 1. The molecule has 0 aliphatic heterocycles. The minimum atomic E-state index is -3.59. The van der Waals surface area contributed by atoms with Crippen molar-refractivity contribution in [3.63, 3.8) is 0 Å². The molecule has 0 atom stereocenters. The summed E-state index contributed by atoms with van der Waals surface area (Å²) >= 11 is 0. The molecule has 0 fully saturated rings. The Morgan fingerprint density at radius 2 is 2.11 bits per heavy atom. The Kier molecular flexibility index (Phi) is 4.81. The third kappa shape index (κ3) is 3.27. The van der Waals surface area contributed by atoms with Crippen molar-refractivity contribution in [1.29, 1.82) is 0 Å². The summed E-state index contributed by atoms with van der Waals surface area (Å²) in [5.41, 5.74) is 1.03. The Labute approximate surface area is 108 Å². The van der Waals surface area contributed by atoms with Gasteiger partial charge in [0.15, 0.2) is 5.78 Å². The molecular weight excluding hydrogens is 250 g/mol. The molecule has 0 aliphatic carbocycles. The second kappa shape index (κ2) is 5.93. The van der Waals surface area contributed by atoms with E-state index in [-0.39, 0.29) is 17.2 Å². The quantitative estimate of drug-likeness (QED) is 0.634. The number of carbonyl (C=O) groups excluding carboxylic acids is 1. The monoisotopic (exact) mass is 267 g/mol. The molecule has 98 valence electrons. The van der Waals surface area contributed by atoms with Crippen LogP contribution in [0.4, 0.5) is 0 Å². The first-order valence-electron chi connectivity index (χ1n) is 5.66. The average molecular weight is 267 g/mol. The molecule has 18 heavy (non-hydrogen) atoms. The minimum Gasteiger partial charge on any atom is -0.294 e. The highest BCUT2D eigenvalue weighted by Crippen LogP contribution is 2.17. The fourth-order valence-electron chi connectivity index (χ4n) is 1.51. The van der Waals surface area contributed by atoms with Crippen LogP contribution in [0, 0.1) is 6.92 Å². The van der Waals surface area contributed by atoms with Gasteiger partial charge in [0.2, 0.25) is 10.0 Å². The van der Waals surface area contributed by atoms with E-state index in [0.29, 0.717) is 17.5 Å². The molecule has 1 aromatic rings. The third-order valence-electron chi connectivity index (χ3n) is 2.54. The van der Waals surface area contributed by atoms with Crippen LogP contribution in [-0.2, 0) is 10.0 Å². The minimum absolute atomic E-state index is 0.0739. The number of hydrogen-bond acceptors (Lipinski definition) is 3. The summed E-state index contributed by atoms with van der Waals surface area (Å²) in [5.74, 6) is -0.0739. The Balaban J connectivity index is 3.23. The Morgan fingerprint density at radius 3 is 2.67 bits per heavy atom.